The van der Waals surface area contributed by atoms with E-state index in [0.29, 0.717) is 5.92 Å². The number of nitrogens with one attached hydrogen (secondary N) is 1. The number of halogens is 1. The van der Waals surface area contributed by atoms with Crippen LogP contribution < -0.4 is 5.32 Å². The van der Waals surface area contributed by atoms with Gasteiger partial charge in [-0.05, 0) is 18.4 Å². The van der Waals surface area contributed by atoms with Crippen LogP contribution in [0.25, 0.3) is 0 Å². The SMILES string of the molecule is CCC(Nc1ncc(F)cc1C(=O)O)C(C)C. The molecule has 0 aromatic carbocycles. The molecule has 0 amide bonds. The third kappa shape index (κ3) is 3.41. The van der Waals surface area contributed by atoms with Gasteiger partial charge in [0.2, 0.25) is 0 Å². The number of anilines is 1. The van der Waals surface area contributed by atoms with E-state index in [0.717, 1.165) is 18.7 Å². The Kier molecular flexibility index (Phi) is 4.43. The smallest absolute Gasteiger partial charge is 0.339 e. The maximum absolute atomic E-state index is 12.9. The molecule has 1 aromatic heterocycles. The van der Waals surface area contributed by atoms with Crippen molar-refractivity contribution in [1.29, 1.82) is 0 Å². The van der Waals surface area contributed by atoms with Crippen molar-refractivity contribution in [2.24, 2.45) is 5.92 Å². The van der Waals surface area contributed by atoms with E-state index in [9.17, 15) is 9.18 Å². The molecule has 2 N–H and O–H groups in total. The highest BCUT2D eigenvalue weighted by molar-refractivity contribution is 5.93. The summed E-state index contributed by atoms with van der Waals surface area (Å²) in [5.41, 5.74) is -0.135. The molecule has 0 fully saturated rings. The van der Waals surface area contributed by atoms with Gasteiger partial charge in [0.05, 0.1) is 6.20 Å². The van der Waals surface area contributed by atoms with Crippen molar-refractivity contribution in [1.82, 2.24) is 4.98 Å². The summed E-state index contributed by atoms with van der Waals surface area (Å²) in [6.45, 7) is 6.07. The largest absolute Gasteiger partial charge is 0.478 e. The molecule has 0 spiro atoms. The Hall–Kier alpha value is -1.65. The third-order valence-corrected chi connectivity index (χ3v) is 2.65. The molecule has 1 aromatic rings. The van der Waals surface area contributed by atoms with Crippen LogP contribution in [0.15, 0.2) is 12.3 Å². The molecule has 0 saturated carbocycles. The van der Waals surface area contributed by atoms with Crippen LogP contribution in [0.2, 0.25) is 0 Å². The Bertz CT molecular complexity index is 407. The fourth-order valence-corrected chi connectivity index (χ4v) is 1.63. The normalized spacial score (nSPS) is 12.5. The molecule has 17 heavy (non-hydrogen) atoms. The standard InChI is InChI=1S/C12H17FN2O2/c1-4-10(7(2)3)15-11-9(12(16)17)5-8(13)6-14-11/h5-7,10H,4H2,1-3H3,(H,14,15)(H,16,17). The summed E-state index contributed by atoms with van der Waals surface area (Å²) in [5, 5.41) is 12.0. The molecule has 94 valence electrons. The topological polar surface area (TPSA) is 62.2 Å². The highest BCUT2D eigenvalue weighted by atomic mass is 19.1. The van der Waals surface area contributed by atoms with Crippen molar-refractivity contribution in [2.75, 3.05) is 5.32 Å². The Morgan fingerprint density at radius 2 is 2.24 bits per heavy atom. The first kappa shape index (κ1) is 13.4. The Morgan fingerprint density at radius 1 is 1.59 bits per heavy atom. The third-order valence-electron chi connectivity index (χ3n) is 2.65. The minimum absolute atomic E-state index is 0.117. The Morgan fingerprint density at radius 3 is 2.71 bits per heavy atom. The van der Waals surface area contributed by atoms with Crippen LogP contribution in [-0.4, -0.2) is 22.1 Å². The molecule has 1 heterocycles. The summed E-state index contributed by atoms with van der Waals surface area (Å²) < 4.78 is 12.9. The lowest BCUT2D eigenvalue weighted by Crippen LogP contribution is -2.26. The fraction of sp³-hybridized carbons (Fsp3) is 0.500. The van der Waals surface area contributed by atoms with Gasteiger partial charge in [-0.25, -0.2) is 14.2 Å². The number of carbonyl (C=O) groups is 1. The van der Waals surface area contributed by atoms with Gasteiger partial charge in [-0.3, -0.25) is 0 Å². The van der Waals surface area contributed by atoms with E-state index < -0.39 is 11.8 Å². The number of hydrogen-bond donors (Lipinski definition) is 2. The average molecular weight is 240 g/mol. The van der Waals surface area contributed by atoms with Gasteiger partial charge in [-0.15, -0.1) is 0 Å². The van der Waals surface area contributed by atoms with Crippen LogP contribution in [0.1, 0.15) is 37.6 Å². The second-order valence-electron chi connectivity index (χ2n) is 4.26. The molecule has 1 rings (SSSR count). The fourth-order valence-electron chi connectivity index (χ4n) is 1.63. The van der Waals surface area contributed by atoms with Crippen LogP contribution in [-0.2, 0) is 0 Å². The minimum atomic E-state index is -1.18. The predicted molar refractivity (Wildman–Crippen MR) is 63.7 cm³/mol. The Labute approximate surface area is 99.9 Å². The number of hydrogen-bond acceptors (Lipinski definition) is 3. The highest BCUT2D eigenvalue weighted by Gasteiger charge is 2.17. The average Bonchev–Trinajstić information content (AvgIpc) is 2.26. The zero-order valence-electron chi connectivity index (χ0n) is 10.2. The summed E-state index contributed by atoms with van der Waals surface area (Å²) in [4.78, 5) is 14.8. The van der Waals surface area contributed by atoms with Gasteiger partial charge in [0.1, 0.15) is 17.2 Å². The monoisotopic (exact) mass is 240 g/mol. The molecule has 4 nitrogen and oxygen atoms in total. The molecule has 0 bridgehead atoms. The van der Waals surface area contributed by atoms with Crippen molar-refractivity contribution in [3.05, 3.63) is 23.6 Å². The van der Waals surface area contributed by atoms with E-state index in [2.05, 4.69) is 10.3 Å². The van der Waals surface area contributed by atoms with Crippen molar-refractivity contribution < 1.29 is 14.3 Å². The number of carboxylic acid groups (broad SMARTS) is 1. The van der Waals surface area contributed by atoms with E-state index in [1.807, 2.05) is 20.8 Å². The lowest BCUT2D eigenvalue weighted by Gasteiger charge is -2.22. The summed E-state index contributed by atoms with van der Waals surface area (Å²) >= 11 is 0. The van der Waals surface area contributed by atoms with Crippen LogP contribution in [0.3, 0.4) is 0 Å². The van der Waals surface area contributed by atoms with E-state index in [1.54, 1.807) is 0 Å². The molecule has 0 radical (unpaired) electrons. The maximum atomic E-state index is 12.9. The zero-order valence-corrected chi connectivity index (χ0v) is 10.2. The molecule has 0 aliphatic heterocycles. The van der Waals surface area contributed by atoms with Crippen molar-refractivity contribution in [2.45, 2.75) is 33.2 Å². The van der Waals surface area contributed by atoms with Gasteiger partial charge in [0.25, 0.3) is 0 Å². The highest BCUT2D eigenvalue weighted by Crippen LogP contribution is 2.18. The van der Waals surface area contributed by atoms with Crippen molar-refractivity contribution >= 4 is 11.8 Å². The van der Waals surface area contributed by atoms with E-state index in [4.69, 9.17) is 5.11 Å². The lowest BCUT2D eigenvalue weighted by atomic mass is 10.0. The second-order valence-corrected chi connectivity index (χ2v) is 4.26. The molecular weight excluding hydrogens is 223 g/mol. The summed E-state index contributed by atoms with van der Waals surface area (Å²) in [6, 6.07) is 1.09. The first-order chi connectivity index (χ1) is 7.95. The number of aromatic carboxylic acids is 1. The molecule has 1 atom stereocenters. The van der Waals surface area contributed by atoms with Crippen LogP contribution in [0, 0.1) is 11.7 Å². The number of pyridine rings is 1. The second kappa shape index (κ2) is 5.61. The van der Waals surface area contributed by atoms with Crippen molar-refractivity contribution in [3.8, 4) is 0 Å². The first-order valence-corrected chi connectivity index (χ1v) is 5.61. The van der Waals surface area contributed by atoms with Crippen LogP contribution in [0.5, 0.6) is 0 Å². The maximum Gasteiger partial charge on any atom is 0.339 e. The summed E-state index contributed by atoms with van der Waals surface area (Å²) in [7, 11) is 0. The number of aromatic nitrogens is 1. The van der Waals surface area contributed by atoms with Crippen LogP contribution in [0.4, 0.5) is 10.2 Å². The van der Waals surface area contributed by atoms with E-state index in [1.165, 1.54) is 0 Å². The van der Waals surface area contributed by atoms with Crippen molar-refractivity contribution in [3.63, 3.8) is 0 Å². The molecule has 0 saturated heterocycles. The van der Waals surface area contributed by atoms with Gasteiger partial charge in [-0.1, -0.05) is 20.8 Å². The van der Waals surface area contributed by atoms with Gasteiger partial charge in [-0.2, -0.15) is 0 Å². The predicted octanol–water partition coefficient (Wildman–Crippen LogP) is 2.77. The van der Waals surface area contributed by atoms with E-state index in [-0.39, 0.29) is 17.4 Å². The van der Waals surface area contributed by atoms with Gasteiger partial charge in [0.15, 0.2) is 0 Å². The quantitative estimate of drug-likeness (QED) is 0.830. The number of carboxylic acids is 1. The van der Waals surface area contributed by atoms with Gasteiger partial charge < -0.3 is 10.4 Å². The first-order valence-electron chi connectivity index (χ1n) is 5.61. The van der Waals surface area contributed by atoms with E-state index >= 15 is 0 Å². The number of rotatable bonds is 5. The van der Waals surface area contributed by atoms with Gasteiger partial charge in [0, 0.05) is 6.04 Å². The minimum Gasteiger partial charge on any atom is -0.478 e. The van der Waals surface area contributed by atoms with Crippen LogP contribution >= 0.6 is 0 Å². The molecule has 0 aliphatic rings. The molecule has 0 aliphatic carbocycles. The molecule has 5 heteroatoms. The number of nitrogens with zero attached hydrogens (tertiary/aromatic N) is 1. The zero-order chi connectivity index (χ0) is 13.0. The Balaban J connectivity index is 3.01. The van der Waals surface area contributed by atoms with Gasteiger partial charge >= 0.3 is 5.97 Å². The molecular formula is C12H17FN2O2. The summed E-state index contributed by atoms with van der Waals surface area (Å²) in [6.07, 6.45) is 1.86. The summed E-state index contributed by atoms with van der Waals surface area (Å²) in [5.74, 6) is -1.27. The molecule has 1 unspecified atom stereocenters. The lowest BCUT2D eigenvalue weighted by molar-refractivity contribution is 0.0697.